The summed E-state index contributed by atoms with van der Waals surface area (Å²) < 4.78 is 0. The lowest BCUT2D eigenvalue weighted by Gasteiger charge is -2.28. The second kappa shape index (κ2) is 5.50. The van der Waals surface area contributed by atoms with Gasteiger partial charge in [-0.1, -0.05) is 0 Å². The van der Waals surface area contributed by atoms with Crippen LogP contribution in [0, 0.1) is 0 Å². The fourth-order valence-corrected chi connectivity index (χ4v) is 3.31. The lowest BCUT2D eigenvalue weighted by atomic mass is 10.1. The monoisotopic (exact) mass is 340 g/mol. The van der Waals surface area contributed by atoms with Crippen LogP contribution in [0.2, 0.25) is 0 Å². The minimum absolute atomic E-state index is 0.222. The van der Waals surface area contributed by atoms with E-state index < -0.39 is 0 Å². The first-order valence-corrected chi connectivity index (χ1v) is 7.99. The SMILES string of the molecule is O=C1Nc2cc(O)c(O)cc2CN1c1csc(-c2ccncc2)n1. The summed E-state index contributed by atoms with van der Waals surface area (Å²) in [6, 6.07) is 6.15. The largest absolute Gasteiger partial charge is 0.504 e. The summed E-state index contributed by atoms with van der Waals surface area (Å²) in [5.41, 5.74) is 2.11. The van der Waals surface area contributed by atoms with Crippen molar-refractivity contribution in [2.45, 2.75) is 6.54 Å². The first-order chi connectivity index (χ1) is 11.6. The number of thiazole rings is 1. The van der Waals surface area contributed by atoms with E-state index in [4.69, 9.17) is 0 Å². The van der Waals surface area contributed by atoms with Crippen molar-refractivity contribution in [3.63, 3.8) is 0 Å². The number of amides is 2. The Morgan fingerprint density at radius 3 is 2.71 bits per heavy atom. The second-order valence-corrected chi connectivity index (χ2v) is 6.12. The summed E-state index contributed by atoms with van der Waals surface area (Å²) in [7, 11) is 0. The van der Waals surface area contributed by atoms with Crippen LogP contribution in [0.25, 0.3) is 10.6 Å². The van der Waals surface area contributed by atoms with Crippen molar-refractivity contribution in [1.29, 1.82) is 0 Å². The molecule has 8 heteroatoms. The molecule has 4 rings (SSSR count). The first kappa shape index (κ1) is 14.5. The van der Waals surface area contributed by atoms with Crippen LogP contribution in [0.4, 0.5) is 16.3 Å². The average molecular weight is 340 g/mol. The van der Waals surface area contributed by atoms with Gasteiger partial charge in [0, 0.05) is 29.4 Å². The van der Waals surface area contributed by atoms with Gasteiger partial charge in [0.25, 0.3) is 0 Å². The highest BCUT2D eigenvalue weighted by atomic mass is 32.1. The number of aromatic hydroxyl groups is 2. The molecule has 24 heavy (non-hydrogen) atoms. The highest BCUT2D eigenvalue weighted by molar-refractivity contribution is 7.13. The highest BCUT2D eigenvalue weighted by Gasteiger charge is 2.27. The molecule has 2 amide bonds. The Balaban J connectivity index is 1.66. The molecule has 0 spiro atoms. The van der Waals surface area contributed by atoms with E-state index in [9.17, 15) is 15.0 Å². The van der Waals surface area contributed by atoms with E-state index in [0.717, 1.165) is 10.6 Å². The number of nitrogens with zero attached hydrogens (tertiary/aromatic N) is 3. The van der Waals surface area contributed by atoms with Gasteiger partial charge in [0.1, 0.15) is 10.8 Å². The van der Waals surface area contributed by atoms with E-state index in [1.54, 1.807) is 17.8 Å². The van der Waals surface area contributed by atoms with Crippen LogP contribution in [0.3, 0.4) is 0 Å². The van der Waals surface area contributed by atoms with E-state index in [2.05, 4.69) is 15.3 Å². The Labute approximate surface area is 140 Å². The van der Waals surface area contributed by atoms with E-state index in [1.807, 2.05) is 12.1 Å². The normalized spacial score (nSPS) is 13.5. The number of pyridine rings is 1. The van der Waals surface area contributed by atoms with E-state index >= 15 is 0 Å². The molecule has 0 fully saturated rings. The van der Waals surface area contributed by atoms with E-state index in [-0.39, 0.29) is 24.1 Å². The molecular weight excluding hydrogens is 328 g/mol. The van der Waals surface area contributed by atoms with E-state index in [1.165, 1.54) is 28.4 Å². The third-order valence-corrected chi connectivity index (χ3v) is 4.59. The molecule has 2 aromatic heterocycles. The number of rotatable bonds is 2. The molecule has 7 nitrogen and oxygen atoms in total. The van der Waals surface area contributed by atoms with Crippen LogP contribution in [0.5, 0.6) is 11.5 Å². The van der Waals surface area contributed by atoms with Gasteiger partial charge in [-0.3, -0.25) is 9.88 Å². The Bertz CT molecular complexity index is 926. The molecular formula is C16H12N4O3S. The number of aromatic nitrogens is 2. The molecule has 3 N–H and O–H groups in total. The van der Waals surface area contributed by atoms with Gasteiger partial charge in [-0.05, 0) is 23.8 Å². The summed E-state index contributed by atoms with van der Waals surface area (Å²) in [5.74, 6) is 0.0410. The molecule has 1 aromatic carbocycles. The zero-order chi connectivity index (χ0) is 16.7. The van der Waals surface area contributed by atoms with Crippen molar-refractivity contribution < 1.29 is 15.0 Å². The molecule has 0 unspecified atom stereocenters. The molecule has 0 aliphatic carbocycles. The van der Waals surface area contributed by atoms with Crippen molar-refractivity contribution in [3.8, 4) is 22.1 Å². The molecule has 1 aliphatic heterocycles. The van der Waals surface area contributed by atoms with Gasteiger partial charge in [-0.25, -0.2) is 9.78 Å². The maximum Gasteiger partial charge on any atom is 0.327 e. The van der Waals surface area contributed by atoms with Crippen LogP contribution >= 0.6 is 11.3 Å². The van der Waals surface area contributed by atoms with Crippen LogP contribution < -0.4 is 10.2 Å². The Kier molecular flexibility index (Phi) is 3.31. The van der Waals surface area contributed by atoms with Gasteiger partial charge in [0.05, 0.1) is 12.2 Å². The zero-order valence-corrected chi connectivity index (χ0v) is 13.1. The van der Waals surface area contributed by atoms with Crippen LogP contribution in [0.1, 0.15) is 5.56 Å². The van der Waals surface area contributed by atoms with Gasteiger partial charge in [0.2, 0.25) is 0 Å². The highest BCUT2D eigenvalue weighted by Crippen LogP contribution is 2.36. The average Bonchev–Trinajstić information content (AvgIpc) is 3.06. The molecule has 3 heterocycles. The number of urea groups is 1. The fourth-order valence-electron chi connectivity index (χ4n) is 2.49. The van der Waals surface area contributed by atoms with Crippen LogP contribution in [-0.2, 0) is 6.54 Å². The maximum atomic E-state index is 12.3. The van der Waals surface area contributed by atoms with Crippen molar-refractivity contribution in [1.82, 2.24) is 9.97 Å². The van der Waals surface area contributed by atoms with Gasteiger partial charge >= 0.3 is 6.03 Å². The molecule has 0 radical (unpaired) electrons. The lowest BCUT2D eigenvalue weighted by Crippen LogP contribution is -2.38. The summed E-state index contributed by atoms with van der Waals surface area (Å²) in [6.45, 7) is 0.258. The van der Waals surface area contributed by atoms with Crippen molar-refractivity contribution in [3.05, 3.63) is 47.6 Å². The maximum absolute atomic E-state index is 12.3. The summed E-state index contributed by atoms with van der Waals surface area (Å²) >= 11 is 1.44. The number of carbonyl (C=O) groups excluding carboxylic acids is 1. The molecule has 3 aromatic rings. The molecule has 0 saturated heterocycles. The Morgan fingerprint density at radius 2 is 1.92 bits per heavy atom. The Morgan fingerprint density at radius 1 is 1.17 bits per heavy atom. The molecule has 0 bridgehead atoms. The predicted octanol–water partition coefficient (Wildman–Crippen LogP) is 3.17. The minimum Gasteiger partial charge on any atom is -0.504 e. The first-order valence-electron chi connectivity index (χ1n) is 7.11. The minimum atomic E-state index is -0.334. The topological polar surface area (TPSA) is 98.6 Å². The number of hydrogen-bond acceptors (Lipinski definition) is 6. The number of anilines is 2. The van der Waals surface area contributed by atoms with Crippen molar-refractivity contribution in [2.75, 3.05) is 10.2 Å². The van der Waals surface area contributed by atoms with Crippen LogP contribution in [0.15, 0.2) is 42.0 Å². The molecule has 0 atom stereocenters. The van der Waals surface area contributed by atoms with Crippen molar-refractivity contribution >= 4 is 28.9 Å². The number of benzene rings is 1. The van der Waals surface area contributed by atoms with Crippen LogP contribution in [-0.4, -0.2) is 26.2 Å². The van der Waals surface area contributed by atoms with E-state index in [0.29, 0.717) is 17.1 Å². The second-order valence-electron chi connectivity index (χ2n) is 5.26. The molecule has 120 valence electrons. The number of hydrogen-bond donors (Lipinski definition) is 3. The predicted molar refractivity (Wildman–Crippen MR) is 90.3 cm³/mol. The number of phenolic OH excluding ortho intramolecular Hbond substituents is 2. The summed E-state index contributed by atoms with van der Waals surface area (Å²) in [4.78, 5) is 22.3. The lowest BCUT2D eigenvalue weighted by molar-refractivity contribution is 0.256. The zero-order valence-electron chi connectivity index (χ0n) is 12.3. The fraction of sp³-hybridized carbons (Fsp3) is 0.0625. The number of fused-ring (bicyclic) bond motifs is 1. The molecule has 0 saturated carbocycles. The van der Waals surface area contributed by atoms with Crippen molar-refractivity contribution in [2.24, 2.45) is 0 Å². The third kappa shape index (κ3) is 2.42. The smallest absolute Gasteiger partial charge is 0.327 e. The van der Waals surface area contributed by atoms with Gasteiger partial charge in [-0.2, -0.15) is 0 Å². The van der Waals surface area contributed by atoms with Gasteiger partial charge in [0.15, 0.2) is 11.5 Å². The van der Waals surface area contributed by atoms with Gasteiger partial charge in [-0.15, -0.1) is 11.3 Å². The molecule has 1 aliphatic rings. The van der Waals surface area contributed by atoms with Gasteiger partial charge < -0.3 is 15.5 Å². The number of phenols is 2. The quantitative estimate of drug-likeness (QED) is 0.492. The summed E-state index contributed by atoms with van der Waals surface area (Å²) in [6.07, 6.45) is 3.38. The summed E-state index contributed by atoms with van der Waals surface area (Å²) in [5, 5.41) is 24.5. The Hall–Kier alpha value is -3.13. The standard InChI is InChI=1S/C16H12N4O3S/c21-12-5-10-7-20(16(23)18-11(10)6-13(12)22)14-8-24-15(19-14)9-1-3-17-4-2-9/h1-6,8,21-22H,7H2,(H,18,23). The number of nitrogens with one attached hydrogen (secondary N) is 1. The third-order valence-electron chi connectivity index (χ3n) is 3.71. The number of carbonyl (C=O) groups is 1.